The van der Waals surface area contributed by atoms with Crippen molar-refractivity contribution in [2.45, 2.75) is 32.1 Å². The van der Waals surface area contributed by atoms with E-state index in [0.29, 0.717) is 5.92 Å². The number of nitrogens with zero attached hydrogens (tertiary/aromatic N) is 1. The van der Waals surface area contributed by atoms with Crippen LogP contribution in [0.5, 0.6) is 0 Å². The lowest BCUT2D eigenvalue weighted by molar-refractivity contribution is 0.159. The van der Waals surface area contributed by atoms with E-state index in [1.165, 1.54) is 45.3 Å². The van der Waals surface area contributed by atoms with E-state index in [4.69, 9.17) is 10.5 Å². The number of methoxy groups -OCH3 is 1. The molecule has 0 amide bonds. The van der Waals surface area contributed by atoms with Crippen molar-refractivity contribution in [2.24, 2.45) is 11.7 Å². The van der Waals surface area contributed by atoms with Crippen molar-refractivity contribution in [2.75, 3.05) is 39.9 Å². The number of rotatable bonds is 6. The molecule has 1 heterocycles. The summed E-state index contributed by atoms with van der Waals surface area (Å²) in [4.78, 5) is 2.58. The minimum atomic E-state index is 0.614. The zero-order chi connectivity index (χ0) is 10.9. The molecule has 1 aliphatic rings. The molecule has 15 heavy (non-hydrogen) atoms. The van der Waals surface area contributed by atoms with Gasteiger partial charge in [-0.15, -0.1) is 0 Å². The quantitative estimate of drug-likeness (QED) is 0.728. The van der Waals surface area contributed by atoms with Gasteiger partial charge < -0.3 is 15.4 Å². The SMILES string of the molecule is COCCC(CN)CN1CCCCCC1. The highest BCUT2D eigenvalue weighted by molar-refractivity contribution is 4.69. The highest BCUT2D eigenvalue weighted by Gasteiger charge is 2.14. The Bertz CT molecular complexity index is 145. The first-order valence-corrected chi connectivity index (χ1v) is 6.28. The molecule has 3 heteroatoms. The molecule has 0 aromatic carbocycles. The van der Waals surface area contributed by atoms with Crippen LogP contribution in [-0.4, -0.2) is 44.8 Å². The molecule has 2 N–H and O–H groups in total. The van der Waals surface area contributed by atoms with Crippen LogP contribution in [0, 0.1) is 5.92 Å². The van der Waals surface area contributed by atoms with E-state index in [0.717, 1.165) is 19.6 Å². The lowest BCUT2D eigenvalue weighted by atomic mass is 10.1. The Hall–Kier alpha value is -0.120. The molecule has 1 fully saturated rings. The van der Waals surface area contributed by atoms with Gasteiger partial charge in [0.15, 0.2) is 0 Å². The second-order valence-electron chi connectivity index (χ2n) is 4.60. The van der Waals surface area contributed by atoms with Crippen LogP contribution in [0.25, 0.3) is 0 Å². The van der Waals surface area contributed by atoms with E-state index < -0.39 is 0 Å². The smallest absolute Gasteiger partial charge is 0.0465 e. The van der Waals surface area contributed by atoms with Gasteiger partial charge >= 0.3 is 0 Å². The fourth-order valence-corrected chi connectivity index (χ4v) is 2.25. The Balaban J connectivity index is 2.22. The van der Waals surface area contributed by atoms with Gasteiger partial charge in [-0.25, -0.2) is 0 Å². The second kappa shape index (κ2) is 8.08. The van der Waals surface area contributed by atoms with E-state index in [1.807, 2.05) is 0 Å². The van der Waals surface area contributed by atoms with Gasteiger partial charge in [-0.3, -0.25) is 0 Å². The van der Waals surface area contributed by atoms with Gasteiger partial charge in [0, 0.05) is 20.3 Å². The van der Waals surface area contributed by atoms with Gasteiger partial charge in [0.25, 0.3) is 0 Å². The van der Waals surface area contributed by atoms with Crippen LogP contribution in [0.2, 0.25) is 0 Å². The summed E-state index contributed by atoms with van der Waals surface area (Å²) >= 11 is 0. The molecule has 0 bridgehead atoms. The van der Waals surface area contributed by atoms with Crippen molar-refractivity contribution < 1.29 is 4.74 Å². The molecule has 0 spiro atoms. The lowest BCUT2D eigenvalue weighted by Crippen LogP contribution is -2.34. The summed E-state index contributed by atoms with van der Waals surface area (Å²) in [6.07, 6.45) is 6.64. The van der Waals surface area contributed by atoms with Crippen LogP contribution in [0.1, 0.15) is 32.1 Å². The molecule has 1 atom stereocenters. The van der Waals surface area contributed by atoms with Crippen LogP contribution in [0.3, 0.4) is 0 Å². The second-order valence-corrected chi connectivity index (χ2v) is 4.60. The molecule has 0 radical (unpaired) electrons. The van der Waals surface area contributed by atoms with Crippen LogP contribution in [0.4, 0.5) is 0 Å². The molecule has 1 aliphatic heterocycles. The molecular weight excluding hydrogens is 188 g/mol. The van der Waals surface area contributed by atoms with Crippen molar-refractivity contribution in [1.82, 2.24) is 4.90 Å². The van der Waals surface area contributed by atoms with E-state index in [1.54, 1.807) is 7.11 Å². The van der Waals surface area contributed by atoms with Crippen molar-refractivity contribution in [1.29, 1.82) is 0 Å². The first kappa shape index (κ1) is 12.9. The first-order chi connectivity index (χ1) is 7.36. The molecule has 0 aliphatic carbocycles. The number of ether oxygens (including phenoxy) is 1. The first-order valence-electron chi connectivity index (χ1n) is 6.28. The number of hydrogen-bond acceptors (Lipinski definition) is 3. The van der Waals surface area contributed by atoms with Crippen molar-refractivity contribution >= 4 is 0 Å². The molecular formula is C12H26N2O. The fraction of sp³-hybridized carbons (Fsp3) is 1.00. The van der Waals surface area contributed by atoms with Crippen LogP contribution >= 0.6 is 0 Å². The Kier molecular flexibility index (Phi) is 6.98. The van der Waals surface area contributed by atoms with Crippen LogP contribution in [-0.2, 0) is 4.74 Å². The molecule has 1 unspecified atom stereocenters. The Morgan fingerprint density at radius 3 is 2.40 bits per heavy atom. The predicted molar refractivity (Wildman–Crippen MR) is 63.9 cm³/mol. The van der Waals surface area contributed by atoms with Gasteiger partial charge in [0.1, 0.15) is 0 Å². The van der Waals surface area contributed by atoms with Crippen molar-refractivity contribution in [3.63, 3.8) is 0 Å². The normalized spacial score (nSPS) is 21.2. The summed E-state index contributed by atoms with van der Waals surface area (Å²) < 4.78 is 5.11. The average Bonchev–Trinajstić information content (AvgIpc) is 2.52. The maximum absolute atomic E-state index is 5.79. The standard InChI is InChI=1S/C12H26N2O/c1-15-9-6-12(10-13)11-14-7-4-2-3-5-8-14/h12H,2-11,13H2,1H3. The third kappa shape index (κ3) is 5.50. The number of hydrogen-bond donors (Lipinski definition) is 1. The maximum atomic E-state index is 5.79. The van der Waals surface area contributed by atoms with Gasteiger partial charge in [-0.05, 0) is 44.8 Å². The third-order valence-corrected chi connectivity index (χ3v) is 3.28. The van der Waals surface area contributed by atoms with E-state index in [2.05, 4.69) is 4.90 Å². The number of nitrogens with two attached hydrogens (primary N) is 1. The largest absolute Gasteiger partial charge is 0.385 e. The Morgan fingerprint density at radius 2 is 1.87 bits per heavy atom. The van der Waals surface area contributed by atoms with E-state index in [9.17, 15) is 0 Å². The highest BCUT2D eigenvalue weighted by atomic mass is 16.5. The molecule has 0 aromatic rings. The topological polar surface area (TPSA) is 38.5 Å². The van der Waals surface area contributed by atoms with Crippen molar-refractivity contribution in [3.05, 3.63) is 0 Å². The molecule has 0 aromatic heterocycles. The fourth-order valence-electron chi connectivity index (χ4n) is 2.25. The maximum Gasteiger partial charge on any atom is 0.0465 e. The molecule has 3 nitrogen and oxygen atoms in total. The Morgan fingerprint density at radius 1 is 1.20 bits per heavy atom. The summed E-state index contributed by atoms with van der Waals surface area (Å²) in [6.45, 7) is 5.34. The van der Waals surface area contributed by atoms with Gasteiger partial charge in [0.05, 0.1) is 0 Å². The zero-order valence-corrected chi connectivity index (χ0v) is 10.1. The minimum absolute atomic E-state index is 0.614. The highest BCUT2D eigenvalue weighted by Crippen LogP contribution is 2.12. The molecule has 90 valence electrons. The van der Waals surface area contributed by atoms with Crippen molar-refractivity contribution in [3.8, 4) is 0 Å². The molecule has 1 saturated heterocycles. The van der Waals surface area contributed by atoms with E-state index >= 15 is 0 Å². The summed E-state index contributed by atoms with van der Waals surface area (Å²) in [7, 11) is 1.76. The lowest BCUT2D eigenvalue weighted by Gasteiger charge is -2.25. The van der Waals surface area contributed by atoms with Gasteiger partial charge in [-0.1, -0.05) is 12.8 Å². The zero-order valence-electron chi connectivity index (χ0n) is 10.1. The average molecular weight is 214 g/mol. The summed E-state index contributed by atoms with van der Waals surface area (Å²) in [6, 6.07) is 0. The predicted octanol–water partition coefficient (Wildman–Crippen LogP) is 1.47. The molecule has 1 rings (SSSR count). The van der Waals surface area contributed by atoms with E-state index in [-0.39, 0.29) is 0 Å². The number of likely N-dealkylation sites (tertiary alicyclic amines) is 1. The van der Waals surface area contributed by atoms with Crippen LogP contribution < -0.4 is 5.73 Å². The van der Waals surface area contributed by atoms with Gasteiger partial charge in [0.2, 0.25) is 0 Å². The summed E-state index contributed by atoms with van der Waals surface area (Å²) in [5, 5.41) is 0. The van der Waals surface area contributed by atoms with Crippen LogP contribution in [0.15, 0.2) is 0 Å². The van der Waals surface area contributed by atoms with Gasteiger partial charge in [-0.2, -0.15) is 0 Å². The monoisotopic (exact) mass is 214 g/mol. The summed E-state index contributed by atoms with van der Waals surface area (Å²) in [5.41, 5.74) is 5.79. The minimum Gasteiger partial charge on any atom is -0.385 e. The summed E-state index contributed by atoms with van der Waals surface area (Å²) in [5.74, 6) is 0.614. The Labute approximate surface area is 94.0 Å². The third-order valence-electron chi connectivity index (χ3n) is 3.28. The molecule has 0 saturated carbocycles.